The molecule has 2 amide bonds. The Morgan fingerprint density at radius 1 is 0.930 bits per heavy atom. The quantitative estimate of drug-likeness (QED) is 0.145. The van der Waals surface area contributed by atoms with Crippen molar-refractivity contribution in [3.05, 3.63) is 106 Å². The third kappa shape index (κ3) is 9.28. The number of carbonyl (C=O) groups excluding carboxylic acids is 3. The van der Waals surface area contributed by atoms with Crippen LogP contribution < -0.4 is 0 Å². The van der Waals surface area contributed by atoms with E-state index in [9.17, 15) is 45.1 Å². The topological polar surface area (TPSA) is 88.6 Å². The zero-order valence-electron chi connectivity index (χ0n) is 31.6. The smallest absolute Gasteiger partial charge is 0.416 e. The molecule has 0 N–H and O–H groups in total. The highest BCUT2D eigenvalue weighted by atomic mass is 19.4. The van der Waals surface area contributed by atoms with Crippen LogP contribution in [-0.4, -0.2) is 98.8 Å². The van der Waals surface area contributed by atoms with Crippen LogP contribution in [0, 0.1) is 5.82 Å². The van der Waals surface area contributed by atoms with Crippen molar-refractivity contribution in [1.82, 2.24) is 14.7 Å². The lowest BCUT2D eigenvalue weighted by Crippen LogP contribution is -2.50. The standard InChI is InChI=1S/C41H44F7N3O6/c1-49(16-5-8-36(53)55-2)35(52)24-56-34-22-27-6-3-4-7-33(27)38(34)13-17-50(18-14-38)19-15-39(29-9-11-32(42)12-10-29)25-51(26-57-39)37(54)28-20-30(40(43,44)45)23-31(21-28)41(46,47)48/h3-4,6-7,9-12,20-21,23,34H,5,8,13-19,22,24-26H2,1-2H3/t34-,39-/m0/s1. The molecule has 16 heteroatoms. The predicted molar refractivity (Wildman–Crippen MR) is 192 cm³/mol. The van der Waals surface area contributed by atoms with E-state index < -0.39 is 53.1 Å². The van der Waals surface area contributed by atoms with E-state index in [4.69, 9.17) is 9.47 Å². The fourth-order valence-electron chi connectivity index (χ4n) is 8.26. The van der Waals surface area contributed by atoms with Gasteiger partial charge in [-0.05, 0) is 92.2 Å². The summed E-state index contributed by atoms with van der Waals surface area (Å²) in [4.78, 5) is 42.9. The van der Waals surface area contributed by atoms with E-state index in [1.54, 1.807) is 7.05 Å². The number of alkyl halides is 6. The molecule has 2 aliphatic heterocycles. The zero-order chi connectivity index (χ0) is 41.2. The van der Waals surface area contributed by atoms with Crippen LogP contribution in [0.15, 0.2) is 66.7 Å². The van der Waals surface area contributed by atoms with Gasteiger partial charge in [-0.1, -0.05) is 36.4 Å². The number of likely N-dealkylation sites (tertiary alicyclic amines) is 1. The Morgan fingerprint density at radius 3 is 2.21 bits per heavy atom. The Morgan fingerprint density at radius 2 is 1.58 bits per heavy atom. The van der Waals surface area contributed by atoms with Crippen molar-refractivity contribution in [3.8, 4) is 0 Å². The van der Waals surface area contributed by atoms with Crippen LogP contribution >= 0.6 is 0 Å². The highest BCUT2D eigenvalue weighted by Gasteiger charge is 2.50. The predicted octanol–water partition coefficient (Wildman–Crippen LogP) is 6.97. The first kappa shape index (κ1) is 42.1. The summed E-state index contributed by atoms with van der Waals surface area (Å²) in [6.45, 7) is 1.35. The average molecular weight is 808 g/mol. The number of methoxy groups -OCH3 is 1. The van der Waals surface area contributed by atoms with Gasteiger partial charge in [0.15, 0.2) is 0 Å². The molecule has 0 radical (unpaired) electrons. The van der Waals surface area contributed by atoms with Crippen LogP contribution in [0.2, 0.25) is 0 Å². The van der Waals surface area contributed by atoms with Gasteiger partial charge in [-0.15, -0.1) is 0 Å². The molecule has 3 aromatic rings. The van der Waals surface area contributed by atoms with Gasteiger partial charge >= 0.3 is 18.3 Å². The van der Waals surface area contributed by atoms with Gasteiger partial charge in [0.05, 0.1) is 30.9 Å². The molecule has 1 spiro atoms. The number of likely N-dealkylation sites (N-methyl/N-ethyl adjacent to an activating group) is 1. The second kappa shape index (κ2) is 16.7. The minimum absolute atomic E-state index is 0.0304. The number of fused-ring (bicyclic) bond motifs is 2. The van der Waals surface area contributed by atoms with Crippen LogP contribution in [0.3, 0.4) is 0 Å². The van der Waals surface area contributed by atoms with E-state index in [1.807, 2.05) is 12.1 Å². The Labute approximate surface area is 325 Å². The molecule has 1 aliphatic carbocycles. The van der Waals surface area contributed by atoms with Crippen molar-refractivity contribution in [2.24, 2.45) is 0 Å². The minimum atomic E-state index is -5.13. The van der Waals surface area contributed by atoms with Crippen molar-refractivity contribution >= 4 is 17.8 Å². The lowest BCUT2D eigenvalue weighted by atomic mass is 9.72. The fourth-order valence-corrected chi connectivity index (χ4v) is 8.26. The van der Waals surface area contributed by atoms with Gasteiger partial charge in [0.25, 0.3) is 5.91 Å². The molecular weight excluding hydrogens is 763 g/mol. The van der Waals surface area contributed by atoms with Crippen molar-refractivity contribution < 1.29 is 59.3 Å². The summed E-state index contributed by atoms with van der Waals surface area (Å²) in [6, 6.07) is 14.3. The maximum atomic E-state index is 14.0. The third-order valence-corrected chi connectivity index (χ3v) is 11.5. The molecule has 6 rings (SSSR count). The van der Waals surface area contributed by atoms with Crippen molar-refractivity contribution in [1.29, 1.82) is 0 Å². The number of ether oxygens (including phenoxy) is 3. The normalized spacial score (nSPS) is 20.8. The van der Waals surface area contributed by atoms with Crippen LogP contribution in [0.4, 0.5) is 30.7 Å². The summed E-state index contributed by atoms with van der Waals surface area (Å²) in [5.41, 5.74) is -2.75. The van der Waals surface area contributed by atoms with Gasteiger partial charge in [0.1, 0.15) is 24.8 Å². The molecule has 2 fully saturated rings. The largest absolute Gasteiger partial charge is 0.469 e. The molecular formula is C41H44F7N3O6. The highest BCUT2D eigenvalue weighted by molar-refractivity contribution is 5.95. The van der Waals surface area contributed by atoms with E-state index >= 15 is 0 Å². The molecule has 3 aromatic carbocycles. The maximum absolute atomic E-state index is 14.0. The summed E-state index contributed by atoms with van der Waals surface area (Å²) >= 11 is 0. The Balaban J connectivity index is 1.14. The monoisotopic (exact) mass is 807 g/mol. The minimum Gasteiger partial charge on any atom is -0.469 e. The van der Waals surface area contributed by atoms with E-state index in [1.165, 1.54) is 41.8 Å². The summed E-state index contributed by atoms with van der Waals surface area (Å²) < 4.78 is 113. The molecule has 2 heterocycles. The molecule has 0 aromatic heterocycles. The first-order chi connectivity index (χ1) is 26.9. The number of halogens is 7. The number of hydrogen-bond acceptors (Lipinski definition) is 7. The molecule has 2 atom stereocenters. The lowest BCUT2D eigenvalue weighted by Gasteiger charge is -2.44. The molecule has 3 aliphatic rings. The summed E-state index contributed by atoms with van der Waals surface area (Å²) in [5, 5.41) is 0. The van der Waals surface area contributed by atoms with Crippen molar-refractivity contribution in [2.75, 3.05) is 60.2 Å². The summed E-state index contributed by atoms with van der Waals surface area (Å²) in [5.74, 6) is -2.13. The number of esters is 1. The first-order valence-corrected chi connectivity index (χ1v) is 18.7. The average Bonchev–Trinajstić information content (AvgIpc) is 3.75. The second-order valence-electron chi connectivity index (χ2n) is 15.0. The lowest BCUT2D eigenvalue weighted by molar-refractivity contribution is -0.143. The zero-order valence-corrected chi connectivity index (χ0v) is 31.6. The molecule has 0 unspecified atom stereocenters. The van der Waals surface area contributed by atoms with E-state index in [0.29, 0.717) is 69.6 Å². The third-order valence-electron chi connectivity index (χ3n) is 11.5. The van der Waals surface area contributed by atoms with Crippen LogP contribution in [0.25, 0.3) is 0 Å². The van der Waals surface area contributed by atoms with Crippen molar-refractivity contribution in [2.45, 2.75) is 68.0 Å². The number of amides is 2. The SMILES string of the molecule is COC(=O)CCCN(C)C(=O)CO[C@H]1Cc2ccccc2C12CCN(CC[C@@]1(c3ccc(F)cc3)CN(C(=O)c3cc(C(F)(F)F)cc(C(F)(F)F)c3)CO1)CC2. The Bertz CT molecular complexity index is 1900. The van der Waals surface area contributed by atoms with E-state index in [2.05, 4.69) is 21.8 Å². The summed E-state index contributed by atoms with van der Waals surface area (Å²) in [6.07, 6.45) is -7.55. The van der Waals surface area contributed by atoms with Crippen LogP contribution in [0.5, 0.6) is 0 Å². The first-order valence-electron chi connectivity index (χ1n) is 18.7. The maximum Gasteiger partial charge on any atom is 0.416 e. The fraction of sp³-hybridized carbons (Fsp3) is 0.488. The molecule has 0 bridgehead atoms. The molecule has 57 heavy (non-hydrogen) atoms. The van der Waals surface area contributed by atoms with E-state index in [0.717, 1.165) is 10.5 Å². The van der Waals surface area contributed by atoms with Crippen LogP contribution in [0.1, 0.15) is 70.3 Å². The molecule has 9 nitrogen and oxygen atoms in total. The number of benzene rings is 3. The van der Waals surface area contributed by atoms with Gasteiger partial charge in [0.2, 0.25) is 5.91 Å². The van der Waals surface area contributed by atoms with Gasteiger partial charge in [-0.3, -0.25) is 14.4 Å². The number of carbonyl (C=O) groups is 3. The number of piperidine rings is 1. The van der Waals surface area contributed by atoms with Gasteiger partial charge in [-0.2, -0.15) is 26.3 Å². The van der Waals surface area contributed by atoms with Gasteiger partial charge in [0, 0.05) is 37.5 Å². The highest BCUT2D eigenvalue weighted by Crippen LogP contribution is 2.48. The van der Waals surface area contributed by atoms with Crippen LogP contribution in [-0.2, 0) is 53.6 Å². The van der Waals surface area contributed by atoms with Gasteiger partial charge < -0.3 is 28.9 Å². The molecule has 308 valence electrons. The summed E-state index contributed by atoms with van der Waals surface area (Å²) in [7, 11) is 2.98. The number of rotatable bonds is 12. The number of nitrogens with zero attached hydrogens (tertiary/aromatic N) is 3. The second-order valence-corrected chi connectivity index (χ2v) is 15.0. The molecule has 0 saturated carbocycles. The molecule has 2 saturated heterocycles. The van der Waals surface area contributed by atoms with E-state index in [-0.39, 0.29) is 55.5 Å². The number of hydrogen-bond donors (Lipinski definition) is 0. The van der Waals surface area contributed by atoms with Gasteiger partial charge in [-0.25, -0.2) is 4.39 Å². The Hall–Kier alpha value is -4.54. The Kier molecular flexibility index (Phi) is 12.4. The van der Waals surface area contributed by atoms with Crippen molar-refractivity contribution in [3.63, 3.8) is 0 Å².